The van der Waals surface area contributed by atoms with Crippen LogP contribution in [0.15, 0.2) is 12.7 Å². The van der Waals surface area contributed by atoms with Gasteiger partial charge in [-0.05, 0) is 12.8 Å². The molecule has 6 heteroatoms. The summed E-state index contributed by atoms with van der Waals surface area (Å²) in [5.41, 5.74) is 0. The van der Waals surface area contributed by atoms with E-state index in [2.05, 4.69) is 11.8 Å². The molecule has 0 saturated carbocycles. The Labute approximate surface area is 95.8 Å². The van der Waals surface area contributed by atoms with Gasteiger partial charge in [-0.3, -0.25) is 4.79 Å². The summed E-state index contributed by atoms with van der Waals surface area (Å²) in [6, 6.07) is -0.333. The first-order valence-electron chi connectivity index (χ1n) is 5.35. The standard InChI is InChI=1S/C10H17BNO4/c1-2-3-4-10(15)12-11-9-5-7(14)8(6-13)16-9/h2,7-9,13-14H,1,3-6H2,(H,12,15)/t7-,8-,9-/m1/s1. The molecule has 5 nitrogen and oxygen atoms in total. The Balaban J connectivity index is 2.19. The van der Waals surface area contributed by atoms with E-state index in [0.717, 1.165) is 0 Å². The zero-order chi connectivity index (χ0) is 12.0. The van der Waals surface area contributed by atoms with Crippen LogP contribution in [0, 0.1) is 0 Å². The molecule has 1 aliphatic rings. The monoisotopic (exact) mass is 226 g/mol. The average Bonchev–Trinajstić information content (AvgIpc) is 2.64. The number of carbonyl (C=O) groups excluding carboxylic acids is 1. The summed E-state index contributed by atoms with van der Waals surface area (Å²) in [6.45, 7) is 3.31. The minimum absolute atomic E-state index is 0.106. The Kier molecular flexibility index (Phi) is 5.52. The molecule has 0 unspecified atom stereocenters. The van der Waals surface area contributed by atoms with Crippen molar-refractivity contribution in [1.29, 1.82) is 0 Å². The normalized spacial score (nSPS) is 28.8. The highest BCUT2D eigenvalue weighted by Gasteiger charge is 2.33. The van der Waals surface area contributed by atoms with Crippen molar-refractivity contribution in [3.05, 3.63) is 12.7 Å². The van der Waals surface area contributed by atoms with Crippen LogP contribution in [0.1, 0.15) is 19.3 Å². The number of hydrogen-bond donors (Lipinski definition) is 3. The first kappa shape index (κ1) is 13.2. The fourth-order valence-corrected chi connectivity index (χ4v) is 1.52. The fraction of sp³-hybridized carbons (Fsp3) is 0.700. The van der Waals surface area contributed by atoms with Gasteiger partial charge in [0.1, 0.15) is 6.10 Å². The van der Waals surface area contributed by atoms with Gasteiger partial charge in [0.05, 0.1) is 18.7 Å². The van der Waals surface area contributed by atoms with Gasteiger partial charge in [0.2, 0.25) is 5.91 Å². The second kappa shape index (κ2) is 6.68. The number of carbonyl (C=O) groups is 1. The van der Waals surface area contributed by atoms with Crippen LogP contribution in [0.3, 0.4) is 0 Å². The van der Waals surface area contributed by atoms with Gasteiger partial charge in [0.15, 0.2) is 0 Å². The Bertz CT molecular complexity index is 249. The molecule has 3 N–H and O–H groups in total. The van der Waals surface area contributed by atoms with E-state index >= 15 is 0 Å². The fourth-order valence-electron chi connectivity index (χ4n) is 1.52. The summed E-state index contributed by atoms with van der Waals surface area (Å²) < 4.78 is 5.29. The molecule has 89 valence electrons. The van der Waals surface area contributed by atoms with E-state index in [9.17, 15) is 9.90 Å². The van der Waals surface area contributed by atoms with Crippen LogP contribution in [0.25, 0.3) is 0 Å². The molecular formula is C10H17BNO4. The van der Waals surface area contributed by atoms with Gasteiger partial charge in [-0.2, -0.15) is 0 Å². The van der Waals surface area contributed by atoms with E-state index in [0.29, 0.717) is 19.3 Å². The third-order valence-corrected chi connectivity index (χ3v) is 2.44. The topological polar surface area (TPSA) is 78.8 Å². The van der Waals surface area contributed by atoms with Crippen LogP contribution >= 0.6 is 0 Å². The zero-order valence-electron chi connectivity index (χ0n) is 9.13. The van der Waals surface area contributed by atoms with Gasteiger partial charge < -0.3 is 20.2 Å². The maximum absolute atomic E-state index is 11.2. The number of rotatable bonds is 6. The SMILES string of the molecule is C=CCCC(=O)N[B][C@H]1C[C@@H](O)[C@@H](CO)O1. The van der Waals surface area contributed by atoms with Crippen molar-refractivity contribution in [2.24, 2.45) is 0 Å². The third-order valence-electron chi connectivity index (χ3n) is 2.44. The third kappa shape index (κ3) is 3.96. The lowest BCUT2D eigenvalue weighted by molar-refractivity contribution is -0.119. The number of aliphatic hydroxyl groups excluding tert-OH is 2. The Morgan fingerprint density at radius 3 is 3.00 bits per heavy atom. The summed E-state index contributed by atoms with van der Waals surface area (Å²) >= 11 is 0. The average molecular weight is 226 g/mol. The molecule has 1 radical (unpaired) electrons. The summed E-state index contributed by atoms with van der Waals surface area (Å²) in [5.74, 6) is -0.106. The van der Waals surface area contributed by atoms with Gasteiger partial charge >= 0.3 is 0 Å². The molecular weight excluding hydrogens is 209 g/mol. The van der Waals surface area contributed by atoms with Crippen molar-refractivity contribution in [2.75, 3.05) is 6.61 Å². The highest BCUT2D eigenvalue weighted by molar-refractivity contribution is 6.38. The molecule has 0 aromatic rings. The number of amides is 1. The van der Waals surface area contributed by atoms with Gasteiger partial charge in [0, 0.05) is 6.42 Å². The number of hydrogen-bond acceptors (Lipinski definition) is 4. The molecule has 0 aromatic heterocycles. The summed E-state index contributed by atoms with van der Waals surface area (Å²) in [7, 11) is 1.52. The summed E-state index contributed by atoms with van der Waals surface area (Å²) in [5, 5.41) is 20.9. The minimum Gasteiger partial charge on any atom is -0.401 e. The maximum Gasteiger partial charge on any atom is 0.279 e. The highest BCUT2D eigenvalue weighted by atomic mass is 16.5. The van der Waals surface area contributed by atoms with Crippen molar-refractivity contribution in [2.45, 2.75) is 37.5 Å². The van der Waals surface area contributed by atoms with Crippen LogP contribution in [-0.4, -0.2) is 48.4 Å². The summed E-state index contributed by atoms with van der Waals surface area (Å²) in [4.78, 5) is 11.2. The van der Waals surface area contributed by atoms with Crippen LogP contribution in [0.4, 0.5) is 0 Å². The molecule has 1 saturated heterocycles. The molecule has 3 atom stereocenters. The largest absolute Gasteiger partial charge is 0.401 e. The maximum atomic E-state index is 11.2. The lowest BCUT2D eigenvalue weighted by Crippen LogP contribution is -2.36. The Morgan fingerprint density at radius 2 is 2.44 bits per heavy atom. The molecule has 16 heavy (non-hydrogen) atoms. The van der Waals surface area contributed by atoms with E-state index in [1.807, 2.05) is 0 Å². The molecule has 1 amide bonds. The van der Waals surface area contributed by atoms with Crippen molar-refractivity contribution in [1.82, 2.24) is 5.23 Å². The van der Waals surface area contributed by atoms with Gasteiger partial charge in [-0.25, -0.2) is 0 Å². The predicted octanol–water partition coefficient (Wildman–Crippen LogP) is -0.844. The van der Waals surface area contributed by atoms with E-state index < -0.39 is 12.2 Å². The zero-order valence-corrected chi connectivity index (χ0v) is 9.13. The number of allylic oxidation sites excluding steroid dienone is 1. The molecule has 0 spiro atoms. The van der Waals surface area contributed by atoms with E-state index in [-0.39, 0.29) is 18.5 Å². The van der Waals surface area contributed by atoms with Crippen LogP contribution in [0.5, 0.6) is 0 Å². The molecule has 0 aromatic carbocycles. The van der Waals surface area contributed by atoms with E-state index in [1.54, 1.807) is 6.08 Å². The van der Waals surface area contributed by atoms with E-state index in [1.165, 1.54) is 7.41 Å². The lowest BCUT2D eigenvalue weighted by Gasteiger charge is -2.11. The highest BCUT2D eigenvalue weighted by Crippen LogP contribution is 2.18. The lowest BCUT2D eigenvalue weighted by atomic mass is 9.82. The Morgan fingerprint density at radius 1 is 1.69 bits per heavy atom. The summed E-state index contributed by atoms with van der Waals surface area (Å²) in [6.07, 6.45) is 1.87. The smallest absolute Gasteiger partial charge is 0.279 e. The molecule has 1 fully saturated rings. The molecule has 0 bridgehead atoms. The quantitative estimate of drug-likeness (QED) is 0.407. The second-order valence-electron chi connectivity index (χ2n) is 3.76. The molecule has 1 rings (SSSR count). The van der Waals surface area contributed by atoms with Crippen LogP contribution in [-0.2, 0) is 9.53 Å². The van der Waals surface area contributed by atoms with Gasteiger partial charge in [-0.15, -0.1) is 6.58 Å². The second-order valence-corrected chi connectivity index (χ2v) is 3.76. The first-order chi connectivity index (χ1) is 7.67. The van der Waals surface area contributed by atoms with Gasteiger partial charge in [-0.1, -0.05) is 6.08 Å². The van der Waals surface area contributed by atoms with Crippen molar-refractivity contribution >= 4 is 13.3 Å². The number of aliphatic hydroxyl groups is 2. The molecule has 0 aliphatic carbocycles. The first-order valence-corrected chi connectivity index (χ1v) is 5.35. The molecule has 1 heterocycles. The van der Waals surface area contributed by atoms with Crippen molar-refractivity contribution in [3.63, 3.8) is 0 Å². The van der Waals surface area contributed by atoms with E-state index in [4.69, 9.17) is 9.84 Å². The van der Waals surface area contributed by atoms with Crippen molar-refractivity contribution in [3.8, 4) is 0 Å². The van der Waals surface area contributed by atoms with Crippen LogP contribution in [0.2, 0.25) is 0 Å². The number of nitrogens with one attached hydrogen (secondary N) is 1. The minimum atomic E-state index is -0.670. The predicted molar refractivity (Wildman–Crippen MR) is 59.7 cm³/mol. The Hall–Kier alpha value is -0.845. The van der Waals surface area contributed by atoms with Gasteiger partial charge in [0.25, 0.3) is 7.41 Å². The van der Waals surface area contributed by atoms with Crippen molar-refractivity contribution < 1.29 is 19.7 Å². The number of ether oxygens (including phenoxy) is 1. The van der Waals surface area contributed by atoms with Crippen LogP contribution < -0.4 is 5.23 Å². The molecule has 1 aliphatic heterocycles.